The second-order valence-corrected chi connectivity index (χ2v) is 4.93. The van der Waals surface area contributed by atoms with Crippen LogP contribution >= 0.6 is 15.9 Å². The molecule has 60 valence electrons. The van der Waals surface area contributed by atoms with E-state index in [0.717, 1.165) is 5.92 Å². The molecule has 0 amide bonds. The molecule has 0 bridgehead atoms. The van der Waals surface area contributed by atoms with Crippen molar-refractivity contribution in [3.8, 4) is 0 Å². The van der Waals surface area contributed by atoms with E-state index in [4.69, 9.17) is 0 Å². The fourth-order valence-electron chi connectivity index (χ4n) is 1.99. The largest absolute Gasteiger partial charge is 0.0925 e. The lowest BCUT2D eigenvalue weighted by molar-refractivity contribution is 0.194. The van der Waals surface area contributed by atoms with Crippen LogP contribution in [0.15, 0.2) is 0 Å². The van der Waals surface area contributed by atoms with E-state index in [0.29, 0.717) is 5.41 Å². The molecular formula is C9H17Br. The van der Waals surface area contributed by atoms with Gasteiger partial charge in [0.25, 0.3) is 0 Å². The van der Waals surface area contributed by atoms with Gasteiger partial charge < -0.3 is 0 Å². The minimum atomic E-state index is 0.622. The van der Waals surface area contributed by atoms with Gasteiger partial charge in [0.1, 0.15) is 0 Å². The predicted molar refractivity (Wildman–Crippen MR) is 49.5 cm³/mol. The Morgan fingerprint density at radius 3 is 2.60 bits per heavy atom. The van der Waals surface area contributed by atoms with Crippen molar-refractivity contribution >= 4 is 15.9 Å². The second kappa shape index (κ2) is 3.25. The monoisotopic (exact) mass is 204 g/mol. The lowest BCUT2D eigenvalue weighted by atomic mass is 9.73. The van der Waals surface area contributed by atoms with Crippen LogP contribution in [-0.4, -0.2) is 5.33 Å². The van der Waals surface area contributed by atoms with Gasteiger partial charge in [0, 0.05) is 5.33 Å². The first-order valence-corrected chi connectivity index (χ1v) is 5.32. The Balaban J connectivity index is 2.40. The molecule has 1 aliphatic carbocycles. The average Bonchev–Trinajstić information content (AvgIpc) is 1.86. The molecule has 1 aliphatic rings. The van der Waals surface area contributed by atoms with Crippen LogP contribution in [0.1, 0.15) is 39.5 Å². The van der Waals surface area contributed by atoms with Crippen molar-refractivity contribution in [1.29, 1.82) is 0 Å². The summed E-state index contributed by atoms with van der Waals surface area (Å²) in [4.78, 5) is 0. The zero-order valence-corrected chi connectivity index (χ0v) is 8.58. The zero-order chi connectivity index (χ0) is 7.61. The molecule has 1 rings (SSSR count). The molecule has 0 aromatic heterocycles. The van der Waals surface area contributed by atoms with E-state index in [1.165, 1.54) is 31.0 Å². The molecule has 0 aromatic carbocycles. The Hall–Kier alpha value is 0.480. The van der Waals surface area contributed by atoms with Crippen LogP contribution in [0, 0.1) is 11.3 Å². The van der Waals surface area contributed by atoms with E-state index in [-0.39, 0.29) is 0 Å². The summed E-state index contributed by atoms with van der Waals surface area (Å²) in [6.07, 6.45) is 5.71. The third-order valence-corrected chi connectivity index (χ3v) is 3.44. The molecule has 1 unspecified atom stereocenters. The smallest absolute Gasteiger partial charge is 0.00598 e. The van der Waals surface area contributed by atoms with Gasteiger partial charge >= 0.3 is 0 Å². The van der Waals surface area contributed by atoms with Crippen molar-refractivity contribution in [1.82, 2.24) is 0 Å². The molecular weight excluding hydrogens is 188 g/mol. The summed E-state index contributed by atoms with van der Waals surface area (Å²) in [5, 5.41) is 1.20. The van der Waals surface area contributed by atoms with E-state index in [1.54, 1.807) is 0 Å². The van der Waals surface area contributed by atoms with Gasteiger partial charge in [-0.25, -0.2) is 0 Å². The maximum absolute atomic E-state index is 3.56. The van der Waals surface area contributed by atoms with Crippen molar-refractivity contribution in [2.75, 3.05) is 5.33 Å². The normalized spacial score (nSPS) is 32.1. The van der Waals surface area contributed by atoms with Crippen molar-refractivity contribution in [3.05, 3.63) is 0 Å². The molecule has 1 heteroatoms. The minimum Gasteiger partial charge on any atom is -0.0925 e. The van der Waals surface area contributed by atoms with Crippen LogP contribution in [0.25, 0.3) is 0 Å². The molecule has 0 spiro atoms. The van der Waals surface area contributed by atoms with Crippen LogP contribution in [0.3, 0.4) is 0 Å². The van der Waals surface area contributed by atoms with Crippen molar-refractivity contribution in [3.63, 3.8) is 0 Å². The maximum Gasteiger partial charge on any atom is 0.00598 e. The number of hydrogen-bond acceptors (Lipinski definition) is 0. The molecule has 0 radical (unpaired) electrons. The van der Waals surface area contributed by atoms with Gasteiger partial charge in [-0.1, -0.05) is 36.2 Å². The van der Waals surface area contributed by atoms with Gasteiger partial charge in [0.15, 0.2) is 0 Å². The maximum atomic E-state index is 3.56. The molecule has 0 nitrogen and oxygen atoms in total. The summed E-state index contributed by atoms with van der Waals surface area (Å²) in [6, 6.07) is 0. The van der Waals surface area contributed by atoms with E-state index < -0.39 is 0 Å². The molecule has 10 heavy (non-hydrogen) atoms. The Morgan fingerprint density at radius 1 is 1.50 bits per heavy atom. The Morgan fingerprint density at radius 2 is 2.20 bits per heavy atom. The Bertz CT molecular complexity index is 107. The van der Waals surface area contributed by atoms with Crippen molar-refractivity contribution in [2.45, 2.75) is 39.5 Å². The third kappa shape index (κ3) is 2.26. The molecule has 1 fully saturated rings. The summed E-state index contributed by atoms with van der Waals surface area (Å²) in [7, 11) is 0. The number of halogens is 1. The fourth-order valence-corrected chi connectivity index (χ4v) is 2.54. The number of rotatable bonds is 1. The molecule has 0 aromatic rings. The van der Waals surface area contributed by atoms with Crippen LogP contribution in [-0.2, 0) is 0 Å². The molecule has 1 atom stereocenters. The second-order valence-electron chi connectivity index (χ2n) is 4.28. The number of hydrogen-bond donors (Lipinski definition) is 0. The molecule has 0 saturated heterocycles. The van der Waals surface area contributed by atoms with E-state index in [1.807, 2.05) is 0 Å². The summed E-state index contributed by atoms with van der Waals surface area (Å²) in [6.45, 7) is 4.78. The molecule has 0 aliphatic heterocycles. The van der Waals surface area contributed by atoms with Crippen molar-refractivity contribution < 1.29 is 0 Å². The first-order valence-electron chi connectivity index (χ1n) is 4.20. The standard InChI is InChI=1S/C9H17Br/c1-9(2)5-3-4-8(6-9)7-10/h8H,3-7H2,1-2H3. The third-order valence-electron chi connectivity index (χ3n) is 2.53. The van der Waals surface area contributed by atoms with Gasteiger partial charge in [-0.2, -0.15) is 0 Å². The summed E-state index contributed by atoms with van der Waals surface area (Å²) in [5.74, 6) is 0.948. The molecule has 0 N–H and O–H groups in total. The quantitative estimate of drug-likeness (QED) is 0.574. The minimum absolute atomic E-state index is 0.622. The highest BCUT2D eigenvalue weighted by Crippen LogP contribution is 2.38. The highest BCUT2D eigenvalue weighted by Gasteiger charge is 2.26. The highest BCUT2D eigenvalue weighted by molar-refractivity contribution is 9.09. The summed E-state index contributed by atoms with van der Waals surface area (Å²) in [5.41, 5.74) is 0.622. The van der Waals surface area contributed by atoms with Gasteiger partial charge in [0.05, 0.1) is 0 Å². The SMILES string of the molecule is CC1(C)CCCC(CBr)C1. The van der Waals surface area contributed by atoms with Crippen LogP contribution in [0.5, 0.6) is 0 Å². The van der Waals surface area contributed by atoms with Gasteiger partial charge in [-0.15, -0.1) is 0 Å². The van der Waals surface area contributed by atoms with E-state index in [2.05, 4.69) is 29.8 Å². The van der Waals surface area contributed by atoms with E-state index in [9.17, 15) is 0 Å². The van der Waals surface area contributed by atoms with Crippen LogP contribution in [0.2, 0.25) is 0 Å². The lowest BCUT2D eigenvalue weighted by Gasteiger charge is -2.34. The Labute approximate surface area is 72.5 Å². The first-order chi connectivity index (χ1) is 4.64. The van der Waals surface area contributed by atoms with Gasteiger partial charge in [-0.05, 0) is 30.6 Å². The summed E-state index contributed by atoms with van der Waals surface area (Å²) < 4.78 is 0. The fraction of sp³-hybridized carbons (Fsp3) is 1.00. The van der Waals surface area contributed by atoms with E-state index >= 15 is 0 Å². The topological polar surface area (TPSA) is 0 Å². The average molecular weight is 205 g/mol. The molecule has 0 heterocycles. The highest BCUT2D eigenvalue weighted by atomic mass is 79.9. The first kappa shape index (κ1) is 8.58. The Kier molecular flexibility index (Phi) is 2.79. The predicted octanol–water partition coefficient (Wildman–Crippen LogP) is 3.60. The van der Waals surface area contributed by atoms with Gasteiger partial charge in [-0.3, -0.25) is 0 Å². The zero-order valence-electron chi connectivity index (χ0n) is 6.99. The van der Waals surface area contributed by atoms with Crippen molar-refractivity contribution in [2.24, 2.45) is 11.3 Å². The van der Waals surface area contributed by atoms with Crippen LogP contribution in [0.4, 0.5) is 0 Å². The molecule has 1 saturated carbocycles. The van der Waals surface area contributed by atoms with Gasteiger partial charge in [0.2, 0.25) is 0 Å². The van der Waals surface area contributed by atoms with Crippen LogP contribution < -0.4 is 0 Å². The summed E-state index contributed by atoms with van der Waals surface area (Å²) >= 11 is 3.56. The lowest BCUT2D eigenvalue weighted by Crippen LogP contribution is -2.23. The number of alkyl halides is 1.